The van der Waals surface area contributed by atoms with Crippen molar-refractivity contribution in [2.24, 2.45) is 5.10 Å². The summed E-state index contributed by atoms with van der Waals surface area (Å²) in [6, 6.07) is 21.5. The molecule has 1 N–H and O–H groups in total. The molecule has 0 unspecified atom stereocenters. The van der Waals surface area contributed by atoms with Gasteiger partial charge in [-0.2, -0.15) is 5.10 Å². The maximum atomic E-state index is 13.5. The highest BCUT2D eigenvalue weighted by Gasteiger charge is 2.28. The lowest BCUT2D eigenvalue weighted by Crippen LogP contribution is -2.40. The number of rotatable bonds is 8. The van der Waals surface area contributed by atoms with Crippen LogP contribution in [0.2, 0.25) is 0 Å². The van der Waals surface area contributed by atoms with Gasteiger partial charge in [0.15, 0.2) is 0 Å². The molecular formula is C29H29FN4O3S. The number of nitrogens with one attached hydrogen (secondary N) is 1. The first kappa shape index (κ1) is 26.8. The van der Waals surface area contributed by atoms with E-state index in [0.29, 0.717) is 5.69 Å². The van der Waals surface area contributed by atoms with Gasteiger partial charge in [0.25, 0.3) is 15.9 Å². The molecule has 9 heteroatoms. The molecule has 3 aromatic carbocycles. The maximum Gasteiger partial charge on any atom is 0.264 e. The molecule has 4 aromatic rings. The highest BCUT2D eigenvalue weighted by Crippen LogP contribution is 2.27. The molecule has 1 amide bonds. The van der Waals surface area contributed by atoms with Crippen molar-refractivity contribution in [2.75, 3.05) is 10.8 Å². The van der Waals surface area contributed by atoms with Crippen LogP contribution in [0.5, 0.6) is 0 Å². The molecule has 0 aliphatic heterocycles. The standard InChI is InChI=1S/C29H29FN4O3S/c1-20-10-15-28(21(2)16-20)33(38(36,37)27-8-6-5-7-9-27)19-29(35)32-31-18-24-17-22(3)34(23(24)4)26-13-11-25(30)12-14-26/h5-18H,19H2,1-4H3,(H,32,35)/b31-18-. The number of benzene rings is 3. The van der Waals surface area contributed by atoms with Gasteiger partial charge in [-0.1, -0.05) is 35.9 Å². The fourth-order valence-corrected chi connectivity index (χ4v) is 5.86. The molecule has 0 aliphatic carbocycles. The van der Waals surface area contributed by atoms with E-state index in [2.05, 4.69) is 10.5 Å². The Kier molecular flexibility index (Phi) is 7.78. The number of sulfonamides is 1. The highest BCUT2D eigenvalue weighted by molar-refractivity contribution is 7.92. The first-order chi connectivity index (χ1) is 18.1. The van der Waals surface area contributed by atoms with Crippen LogP contribution in [0.3, 0.4) is 0 Å². The summed E-state index contributed by atoms with van der Waals surface area (Å²) in [7, 11) is -4.01. The van der Waals surface area contributed by atoms with Gasteiger partial charge in [0.1, 0.15) is 12.4 Å². The molecule has 196 valence electrons. The molecule has 38 heavy (non-hydrogen) atoms. The van der Waals surface area contributed by atoms with Gasteiger partial charge in [0.05, 0.1) is 16.8 Å². The minimum atomic E-state index is -4.01. The van der Waals surface area contributed by atoms with E-state index < -0.39 is 22.5 Å². The molecule has 0 saturated carbocycles. The topological polar surface area (TPSA) is 83.8 Å². The van der Waals surface area contributed by atoms with E-state index >= 15 is 0 Å². The van der Waals surface area contributed by atoms with E-state index in [-0.39, 0.29) is 10.7 Å². The average Bonchev–Trinajstić information content (AvgIpc) is 3.16. The predicted molar refractivity (Wildman–Crippen MR) is 148 cm³/mol. The second-order valence-electron chi connectivity index (χ2n) is 9.05. The third kappa shape index (κ3) is 5.68. The van der Waals surface area contributed by atoms with Gasteiger partial charge in [0, 0.05) is 22.6 Å². The fraction of sp³-hybridized carbons (Fsp3) is 0.172. The molecule has 0 saturated heterocycles. The zero-order valence-electron chi connectivity index (χ0n) is 21.6. The SMILES string of the molecule is Cc1ccc(N(CC(=O)N/N=C\c2cc(C)n(-c3ccc(F)cc3)c2C)S(=O)(=O)c2ccccc2)c(C)c1. The molecule has 1 aromatic heterocycles. The number of amides is 1. The summed E-state index contributed by atoms with van der Waals surface area (Å²) in [6.45, 7) is 7.09. The predicted octanol–water partition coefficient (Wildman–Crippen LogP) is 5.20. The van der Waals surface area contributed by atoms with Gasteiger partial charge in [-0.05, 0) is 81.8 Å². The smallest absolute Gasteiger partial charge is 0.264 e. The Morgan fingerprint density at radius 2 is 1.66 bits per heavy atom. The Hall–Kier alpha value is -4.24. The zero-order valence-corrected chi connectivity index (χ0v) is 22.5. The summed E-state index contributed by atoms with van der Waals surface area (Å²) in [5, 5.41) is 4.08. The van der Waals surface area contributed by atoms with Crippen molar-refractivity contribution in [1.29, 1.82) is 0 Å². The quantitative estimate of drug-likeness (QED) is 0.250. The van der Waals surface area contributed by atoms with E-state index in [1.54, 1.807) is 36.4 Å². The number of carbonyl (C=O) groups is 1. The van der Waals surface area contributed by atoms with Crippen LogP contribution in [0.4, 0.5) is 10.1 Å². The molecule has 0 atom stereocenters. The average molecular weight is 533 g/mol. The van der Waals surface area contributed by atoms with Crippen LogP contribution in [0, 0.1) is 33.5 Å². The molecule has 0 aliphatic rings. The number of aromatic nitrogens is 1. The third-order valence-corrected chi connectivity index (χ3v) is 7.96. The van der Waals surface area contributed by atoms with E-state index in [1.807, 2.05) is 50.5 Å². The van der Waals surface area contributed by atoms with Crippen molar-refractivity contribution in [1.82, 2.24) is 9.99 Å². The molecule has 0 spiro atoms. The second kappa shape index (κ2) is 11.0. The van der Waals surface area contributed by atoms with E-state index in [0.717, 1.165) is 38.1 Å². The molecule has 0 fully saturated rings. The third-order valence-electron chi connectivity index (χ3n) is 6.19. The van der Waals surface area contributed by atoms with Crippen LogP contribution >= 0.6 is 0 Å². The number of anilines is 1. The van der Waals surface area contributed by atoms with Gasteiger partial charge >= 0.3 is 0 Å². The summed E-state index contributed by atoms with van der Waals surface area (Å²) in [4.78, 5) is 13.0. The lowest BCUT2D eigenvalue weighted by Gasteiger charge is -2.25. The number of hydrogen-bond acceptors (Lipinski definition) is 4. The lowest BCUT2D eigenvalue weighted by molar-refractivity contribution is -0.119. The van der Waals surface area contributed by atoms with Crippen molar-refractivity contribution in [2.45, 2.75) is 32.6 Å². The van der Waals surface area contributed by atoms with Gasteiger partial charge in [-0.3, -0.25) is 9.10 Å². The summed E-state index contributed by atoms with van der Waals surface area (Å²) in [5.74, 6) is -0.905. The summed E-state index contributed by atoms with van der Waals surface area (Å²) < 4.78 is 43.4. The van der Waals surface area contributed by atoms with Crippen LogP contribution in [0.25, 0.3) is 5.69 Å². The number of carbonyl (C=O) groups excluding carboxylic acids is 1. The number of hydrazone groups is 1. The molecule has 4 rings (SSSR count). The molecule has 7 nitrogen and oxygen atoms in total. The van der Waals surface area contributed by atoms with Crippen LogP contribution in [0.15, 0.2) is 88.9 Å². The summed E-state index contributed by atoms with van der Waals surface area (Å²) in [6.07, 6.45) is 1.51. The Morgan fingerprint density at radius 1 is 0.974 bits per heavy atom. The number of hydrogen-bond donors (Lipinski definition) is 1. The fourth-order valence-electron chi connectivity index (χ4n) is 4.35. The van der Waals surface area contributed by atoms with Crippen molar-refractivity contribution in [3.05, 3.63) is 113 Å². The molecule has 0 bridgehead atoms. The molecule has 0 radical (unpaired) electrons. The largest absolute Gasteiger partial charge is 0.318 e. The van der Waals surface area contributed by atoms with Crippen molar-refractivity contribution >= 4 is 27.8 Å². The lowest BCUT2D eigenvalue weighted by atomic mass is 10.1. The van der Waals surface area contributed by atoms with E-state index in [4.69, 9.17) is 0 Å². The minimum Gasteiger partial charge on any atom is -0.318 e. The Balaban J connectivity index is 1.56. The van der Waals surface area contributed by atoms with E-state index in [9.17, 15) is 17.6 Å². The van der Waals surface area contributed by atoms with Gasteiger partial charge in [0.2, 0.25) is 0 Å². The normalized spacial score (nSPS) is 11.6. The summed E-state index contributed by atoms with van der Waals surface area (Å²) >= 11 is 0. The Morgan fingerprint density at radius 3 is 2.32 bits per heavy atom. The Bertz CT molecular complexity index is 1600. The van der Waals surface area contributed by atoms with Crippen LogP contribution in [-0.2, 0) is 14.8 Å². The number of nitrogens with zero attached hydrogens (tertiary/aromatic N) is 3. The maximum absolute atomic E-state index is 13.5. The highest BCUT2D eigenvalue weighted by atomic mass is 32.2. The first-order valence-electron chi connectivity index (χ1n) is 12.0. The van der Waals surface area contributed by atoms with Crippen molar-refractivity contribution < 1.29 is 17.6 Å². The van der Waals surface area contributed by atoms with Crippen LogP contribution in [-0.4, -0.2) is 31.7 Å². The second-order valence-corrected chi connectivity index (χ2v) is 10.9. The molecular weight excluding hydrogens is 503 g/mol. The van der Waals surface area contributed by atoms with Crippen LogP contribution in [0.1, 0.15) is 28.1 Å². The number of aryl methyl sites for hydroxylation is 3. The van der Waals surface area contributed by atoms with Crippen LogP contribution < -0.4 is 9.73 Å². The number of halogens is 1. The first-order valence-corrected chi connectivity index (χ1v) is 13.4. The van der Waals surface area contributed by atoms with Gasteiger partial charge < -0.3 is 4.57 Å². The monoisotopic (exact) mass is 532 g/mol. The van der Waals surface area contributed by atoms with Crippen molar-refractivity contribution in [3.63, 3.8) is 0 Å². The van der Waals surface area contributed by atoms with E-state index in [1.165, 1.54) is 30.5 Å². The Labute approximate surface area is 222 Å². The molecule has 1 heterocycles. The minimum absolute atomic E-state index is 0.0875. The van der Waals surface area contributed by atoms with Gasteiger partial charge in [-0.15, -0.1) is 0 Å². The van der Waals surface area contributed by atoms with Gasteiger partial charge in [-0.25, -0.2) is 18.2 Å². The zero-order chi connectivity index (χ0) is 27.4. The van der Waals surface area contributed by atoms with Crippen molar-refractivity contribution in [3.8, 4) is 5.69 Å². The summed E-state index contributed by atoms with van der Waals surface area (Å²) in [5.41, 5.74) is 7.92.